The van der Waals surface area contributed by atoms with Crippen molar-refractivity contribution in [3.63, 3.8) is 0 Å². The van der Waals surface area contributed by atoms with Crippen molar-refractivity contribution < 1.29 is 19.2 Å². The molecule has 82 valence electrons. The van der Waals surface area contributed by atoms with Gasteiger partial charge in [0, 0.05) is 17.5 Å². The average molecular weight is 222 g/mol. The Morgan fingerprint density at radius 2 is 2.12 bits per heavy atom. The summed E-state index contributed by atoms with van der Waals surface area (Å²) in [4.78, 5) is 20.6. The Bertz CT molecular complexity index is 601. The lowest BCUT2D eigenvalue weighted by atomic mass is 10.2. The average Bonchev–Trinajstić information content (AvgIpc) is 2.58. The number of fused-ring (bicyclic) bond motifs is 1. The molecule has 0 aliphatic rings. The van der Waals surface area contributed by atoms with Gasteiger partial charge in [-0.2, -0.15) is 0 Å². The van der Waals surface area contributed by atoms with Crippen molar-refractivity contribution >= 4 is 22.6 Å². The van der Waals surface area contributed by atoms with Gasteiger partial charge in [-0.25, -0.2) is 0 Å². The number of aromatic hydroxyl groups is 1. The van der Waals surface area contributed by atoms with E-state index in [0.717, 1.165) is 12.1 Å². The minimum atomic E-state index is -0.779. The molecule has 0 saturated carbocycles. The molecule has 0 aliphatic carbocycles. The van der Waals surface area contributed by atoms with E-state index in [2.05, 4.69) is 0 Å². The SMILES string of the molecule is NC(=O)c1cc2cc([N+](=O)[O-])c(O)cc2o1. The fraction of sp³-hybridized carbons (Fsp3) is 0. The van der Waals surface area contributed by atoms with E-state index in [1.807, 2.05) is 0 Å². The van der Waals surface area contributed by atoms with Gasteiger partial charge in [0.15, 0.2) is 11.5 Å². The second-order valence-corrected chi connectivity index (χ2v) is 3.11. The third kappa shape index (κ3) is 1.44. The summed E-state index contributed by atoms with van der Waals surface area (Å²) in [6.45, 7) is 0. The molecule has 0 aliphatic heterocycles. The lowest BCUT2D eigenvalue weighted by molar-refractivity contribution is -0.385. The first kappa shape index (κ1) is 9.97. The predicted octanol–water partition coefficient (Wildman–Crippen LogP) is 1.15. The molecule has 0 bridgehead atoms. The highest BCUT2D eigenvalue weighted by molar-refractivity contribution is 5.95. The lowest BCUT2D eigenvalue weighted by Crippen LogP contribution is -2.08. The molecule has 3 N–H and O–H groups in total. The topological polar surface area (TPSA) is 120 Å². The maximum Gasteiger partial charge on any atom is 0.311 e. The Morgan fingerprint density at radius 1 is 1.44 bits per heavy atom. The summed E-state index contributed by atoms with van der Waals surface area (Å²) < 4.78 is 4.99. The summed E-state index contributed by atoms with van der Waals surface area (Å²) in [6.07, 6.45) is 0. The number of nitro groups is 1. The number of primary amides is 1. The van der Waals surface area contributed by atoms with Crippen LogP contribution in [0.4, 0.5) is 5.69 Å². The summed E-state index contributed by atoms with van der Waals surface area (Å²) in [6, 6.07) is 3.46. The van der Waals surface area contributed by atoms with E-state index in [4.69, 9.17) is 10.2 Å². The molecule has 0 atom stereocenters. The minimum absolute atomic E-state index is 0.116. The van der Waals surface area contributed by atoms with Crippen LogP contribution >= 0.6 is 0 Å². The van der Waals surface area contributed by atoms with Crippen LogP contribution in [0.1, 0.15) is 10.6 Å². The summed E-state index contributed by atoms with van der Waals surface area (Å²) in [5.74, 6) is -1.42. The number of hydrogen-bond donors (Lipinski definition) is 2. The normalized spacial score (nSPS) is 10.5. The fourth-order valence-electron chi connectivity index (χ4n) is 1.33. The Kier molecular flexibility index (Phi) is 2.01. The van der Waals surface area contributed by atoms with Crippen molar-refractivity contribution in [2.24, 2.45) is 5.73 Å². The zero-order valence-corrected chi connectivity index (χ0v) is 7.84. The van der Waals surface area contributed by atoms with Gasteiger partial charge in [-0.05, 0) is 6.07 Å². The standard InChI is InChI=1S/C9H6N2O5/c10-9(13)8-2-4-1-5(11(14)15)6(12)3-7(4)16-8/h1-3,12H,(H2,10,13). The molecule has 7 nitrogen and oxygen atoms in total. The van der Waals surface area contributed by atoms with Gasteiger partial charge < -0.3 is 15.3 Å². The number of nitrogens with zero attached hydrogens (tertiary/aromatic N) is 1. The van der Waals surface area contributed by atoms with Crippen LogP contribution in [-0.4, -0.2) is 15.9 Å². The highest BCUT2D eigenvalue weighted by atomic mass is 16.6. The molecular formula is C9H6N2O5. The summed E-state index contributed by atoms with van der Waals surface area (Å²) in [7, 11) is 0. The van der Waals surface area contributed by atoms with Crippen LogP contribution in [0, 0.1) is 10.1 Å². The zero-order valence-electron chi connectivity index (χ0n) is 7.84. The second kappa shape index (κ2) is 3.23. The molecule has 0 fully saturated rings. The van der Waals surface area contributed by atoms with Crippen molar-refractivity contribution in [2.75, 3.05) is 0 Å². The van der Waals surface area contributed by atoms with Crippen LogP contribution in [-0.2, 0) is 0 Å². The molecule has 0 unspecified atom stereocenters. The zero-order chi connectivity index (χ0) is 11.9. The van der Waals surface area contributed by atoms with Crippen molar-refractivity contribution in [3.05, 3.63) is 34.1 Å². The van der Waals surface area contributed by atoms with Gasteiger partial charge in [0.05, 0.1) is 4.92 Å². The molecule has 0 saturated heterocycles. The number of carbonyl (C=O) groups is 1. The Balaban J connectivity index is 2.70. The van der Waals surface area contributed by atoms with Crippen molar-refractivity contribution in [1.29, 1.82) is 0 Å². The third-order valence-corrected chi connectivity index (χ3v) is 2.05. The van der Waals surface area contributed by atoms with Gasteiger partial charge >= 0.3 is 5.69 Å². The molecule has 16 heavy (non-hydrogen) atoms. The van der Waals surface area contributed by atoms with Crippen LogP contribution in [0.5, 0.6) is 5.75 Å². The van der Waals surface area contributed by atoms with Crippen LogP contribution in [0.3, 0.4) is 0 Å². The van der Waals surface area contributed by atoms with E-state index in [0.29, 0.717) is 5.39 Å². The van der Waals surface area contributed by atoms with E-state index in [1.54, 1.807) is 0 Å². The number of rotatable bonds is 2. The summed E-state index contributed by atoms with van der Waals surface area (Å²) in [5.41, 5.74) is 4.69. The van der Waals surface area contributed by atoms with Crippen molar-refractivity contribution in [1.82, 2.24) is 0 Å². The van der Waals surface area contributed by atoms with Crippen LogP contribution in [0.15, 0.2) is 22.6 Å². The fourth-order valence-corrected chi connectivity index (χ4v) is 1.33. The number of nitrogens with two attached hydrogens (primary N) is 1. The minimum Gasteiger partial charge on any atom is -0.502 e. The van der Waals surface area contributed by atoms with Crippen molar-refractivity contribution in [2.45, 2.75) is 0 Å². The first-order chi connectivity index (χ1) is 7.49. The van der Waals surface area contributed by atoms with E-state index in [-0.39, 0.29) is 11.3 Å². The van der Waals surface area contributed by atoms with Gasteiger partial charge in [0.2, 0.25) is 0 Å². The maximum absolute atomic E-state index is 10.8. The van der Waals surface area contributed by atoms with Gasteiger partial charge in [0.25, 0.3) is 5.91 Å². The Morgan fingerprint density at radius 3 is 2.69 bits per heavy atom. The van der Waals surface area contributed by atoms with Crippen molar-refractivity contribution in [3.8, 4) is 5.75 Å². The Labute approximate surface area is 88.2 Å². The number of carbonyl (C=O) groups excluding carboxylic acids is 1. The number of amides is 1. The number of furan rings is 1. The van der Waals surface area contributed by atoms with E-state index >= 15 is 0 Å². The van der Waals surface area contributed by atoms with Crippen LogP contribution in [0.2, 0.25) is 0 Å². The lowest BCUT2D eigenvalue weighted by Gasteiger charge is -1.94. The molecule has 0 spiro atoms. The van der Waals surface area contributed by atoms with Crippen LogP contribution in [0.25, 0.3) is 11.0 Å². The highest BCUT2D eigenvalue weighted by Crippen LogP contribution is 2.32. The molecule has 2 rings (SSSR count). The predicted molar refractivity (Wildman–Crippen MR) is 53.1 cm³/mol. The van der Waals surface area contributed by atoms with Gasteiger partial charge in [-0.1, -0.05) is 0 Å². The van der Waals surface area contributed by atoms with E-state index < -0.39 is 22.3 Å². The molecule has 1 aromatic carbocycles. The quantitative estimate of drug-likeness (QED) is 0.583. The van der Waals surface area contributed by atoms with E-state index in [9.17, 15) is 20.0 Å². The smallest absolute Gasteiger partial charge is 0.311 e. The molecule has 1 aromatic heterocycles. The summed E-state index contributed by atoms with van der Waals surface area (Å²) in [5, 5.41) is 20.2. The number of benzene rings is 1. The first-order valence-electron chi connectivity index (χ1n) is 4.20. The van der Waals surface area contributed by atoms with Gasteiger partial charge in [-0.15, -0.1) is 0 Å². The maximum atomic E-state index is 10.8. The van der Waals surface area contributed by atoms with Gasteiger partial charge in [-0.3, -0.25) is 14.9 Å². The summed E-state index contributed by atoms with van der Waals surface area (Å²) >= 11 is 0. The number of nitro benzene ring substituents is 1. The highest BCUT2D eigenvalue weighted by Gasteiger charge is 2.17. The molecular weight excluding hydrogens is 216 g/mol. The monoisotopic (exact) mass is 222 g/mol. The molecule has 7 heteroatoms. The third-order valence-electron chi connectivity index (χ3n) is 2.05. The molecule has 1 heterocycles. The number of phenolic OH excluding ortho intramolecular Hbond substituents is 1. The number of phenols is 1. The largest absolute Gasteiger partial charge is 0.502 e. The molecule has 2 aromatic rings. The van der Waals surface area contributed by atoms with Crippen LogP contribution < -0.4 is 5.73 Å². The Hall–Kier alpha value is -2.57. The molecule has 1 amide bonds. The van der Waals surface area contributed by atoms with Gasteiger partial charge in [0.1, 0.15) is 5.58 Å². The van der Waals surface area contributed by atoms with E-state index in [1.165, 1.54) is 6.07 Å². The second-order valence-electron chi connectivity index (χ2n) is 3.11. The first-order valence-corrected chi connectivity index (χ1v) is 4.20. The molecule has 0 radical (unpaired) electrons. The number of hydrogen-bond acceptors (Lipinski definition) is 5.